The van der Waals surface area contributed by atoms with Crippen LogP contribution < -0.4 is 20.1 Å². The fraction of sp³-hybridized carbons (Fsp3) is 0.462. The van der Waals surface area contributed by atoms with Crippen LogP contribution >= 0.6 is 0 Å². The summed E-state index contributed by atoms with van der Waals surface area (Å²) in [4.78, 5) is 25.5. The molecule has 0 bridgehead atoms. The Morgan fingerprint density at radius 1 is 1.03 bits per heavy atom. The number of nitrogens with one attached hydrogen (secondary N) is 2. The molecule has 0 saturated carbocycles. The van der Waals surface area contributed by atoms with Crippen molar-refractivity contribution in [2.24, 2.45) is 5.92 Å². The molecule has 0 spiro atoms. The van der Waals surface area contributed by atoms with Gasteiger partial charge in [-0.25, -0.2) is 8.42 Å². The maximum absolute atomic E-state index is 12.9. The summed E-state index contributed by atoms with van der Waals surface area (Å²) >= 11 is 0. The van der Waals surface area contributed by atoms with Crippen molar-refractivity contribution in [3.8, 4) is 11.5 Å². The Morgan fingerprint density at radius 2 is 1.67 bits per heavy atom. The van der Waals surface area contributed by atoms with E-state index < -0.39 is 16.1 Å². The molecule has 1 unspecified atom stereocenters. The Bertz CT molecular complexity index is 1160. The van der Waals surface area contributed by atoms with Gasteiger partial charge in [-0.3, -0.25) is 9.59 Å². The highest BCUT2D eigenvalue weighted by Gasteiger charge is 2.32. The molecule has 1 saturated heterocycles. The largest absolute Gasteiger partial charge is 0.493 e. The van der Waals surface area contributed by atoms with Gasteiger partial charge in [0, 0.05) is 25.6 Å². The third kappa shape index (κ3) is 6.76. The predicted molar refractivity (Wildman–Crippen MR) is 137 cm³/mol. The van der Waals surface area contributed by atoms with Crippen LogP contribution in [0.5, 0.6) is 11.5 Å². The van der Waals surface area contributed by atoms with Crippen molar-refractivity contribution in [1.82, 2.24) is 14.9 Å². The molecule has 1 heterocycles. The molecule has 1 atom stereocenters. The van der Waals surface area contributed by atoms with Crippen LogP contribution in [0.15, 0.2) is 47.4 Å². The van der Waals surface area contributed by atoms with Crippen molar-refractivity contribution in [2.75, 3.05) is 33.9 Å². The smallest absolute Gasteiger partial charge is 0.243 e. The van der Waals surface area contributed by atoms with E-state index in [1.54, 1.807) is 45.4 Å². The van der Waals surface area contributed by atoms with Crippen LogP contribution in [0.3, 0.4) is 0 Å². The van der Waals surface area contributed by atoms with Crippen molar-refractivity contribution < 1.29 is 27.5 Å². The van der Waals surface area contributed by atoms with E-state index in [4.69, 9.17) is 9.47 Å². The number of amides is 2. The van der Waals surface area contributed by atoms with Gasteiger partial charge in [-0.05, 0) is 62.9 Å². The van der Waals surface area contributed by atoms with Gasteiger partial charge in [-0.1, -0.05) is 23.8 Å². The highest BCUT2D eigenvalue weighted by atomic mass is 32.2. The second-order valence-electron chi connectivity index (χ2n) is 8.95. The summed E-state index contributed by atoms with van der Waals surface area (Å²) in [5, 5.41) is 5.61. The third-order valence-corrected chi connectivity index (χ3v) is 8.31. The molecule has 9 nitrogen and oxygen atoms in total. The number of methoxy groups -OCH3 is 2. The molecular weight excluding hydrogens is 482 g/mol. The van der Waals surface area contributed by atoms with E-state index in [1.165, 1.54) is 4.31 Å². The van der Waals surface area contributed by atoms with Crippen molar-refractivity contribution in [1.29, 1.82) is 0 Å². The fourth-order valence-electron chi connectivity index (χ4n) is 4.13. The Kier molecular flexibility index (Phi) is 9.33. The zero-order valence-corrected chi connectivity index (χ0v) is 22.1. The van der Waals surface area contributed by atoms with Crippen LogP contribution in [-0.2, 0) is 26.0 Å². The summed E-state index contributed by atoms with van der Waals surface area (Å²) in [7, 11) is -0.440. The number of piperidine rings is 1. The lowest BCUT2D eigenvalue weighted by molar-refractivity contribution is -0.131. The normalized spacial score (nSPS) is 15.7. The fourth-order valence-corrected chi connectivity index (χ4v) is 5.60. The predicted octanol–water partition coefficient (Wildman–Crippen LogP) is 2.28. The monoisotopic (exact) mass is 517 g/mol. The lowest BCUT2D eigenvalue weighted by Crippen LogP contribution is -2.49. The molecule has 0 radical (unpaired) electrons. The number of hydrogen-bond donors (Lipinski definition) is 2. The first-order chi connectivity index (χ1) is 17.1. The maximum atomic E-state index is 12.9. The number of carbonyl (C=O) groups excluding carboxylic acids is 2. The van der Waals surface area contributed by atoms with E-state index in [9.17, 15) is 18.0 Å². The standard InChI is InChI=1S/C26H35N3O6S/c1-18-5-8-22(9-6-18)36(32,33)29-15-12-21(13-16-29)26(31)28-19(2)25(30)27-14-11-20-7-10-23(34-3)24(17-20)35-4/h5-10,17,19,21H,11-16H2,1-4H3,(H,27,30)(H,28,31). The number of nitrogens with zero attached hydrogens (tertiary/aromatic N) is 1. The molecule has 2 aromatic carbocycles. The number of sulfonamides is 1. The van der Waals surface area contributed by atoms with Crippen molar-refractivity contribution >= 4 is 21.8 Å². The van der Waals surface area contributed by atoms with Crippen LogP contribution in [-0.4, -0.2) is 64.4 Å². The van der Waals surface area contributed by atoms with E-state index in [0.29, 0.717) is 37.3 Å². The van der Waals surface area contributed by atoms with Gasteiger partial charge >= 0.3 is 0 Å². The molecule has 1 fully saturated rings. The first-order valence-electron chi connectivity index (χ1n) is 12.0. The minimum absolute atomic E-state index is 0.232. The van der Waals surface area contributed by atoms with Gasteiger partial charge in [0.1, 0.15) is 6.04 Å². The van der Waals surface area contributed by atoms with Gasteiger partial charge in [0.15, 0.2) is 11.5 Å². The van der Waals surface area contributed by atoms with Gasteiger partial charge in [0.25, 0.3) is 0 Å². The van der Waals surface area contributed by atoms with Gasteiger partial charge in [0.2, 0.25) is 21.8 Å². The van der Waals surface area contributed by atoms with Gasteiger partial charge < -0.3 is 20.1 Å². The first-order valence-corrected chi connectivity index (χ1v) is 13.5. The highest BCUT2D eigenvalue weighted by molar-refractivity contribution is 7.89. The van der Waals surface area contributed by atoms with Crippen molar-refractivity contribution in [2.45, 2.75) is 44.0 Å². The van der Waals surface area contributed by atoms with Crippen molar-refractivity contribution in [3.05, 3.63) is 53.6 Å². The van der Waals surface area contributed by atoms with Crippen molar-refractivity contribution in [3.63, 3.8) is 0 Å². The zero-order chi connectivity index (χ0) is 26.3. The number of rotatable bonds is 10. The van der Waals surface area contributed by atoms with Gasteiger partial charge in [-0.2, -0.15) is 4.31 Å². The summed E-state index contributed by atoms with van der Waals surface area (Å²) in [5.74, 6) is 0.421. The third-order valence-electron chi connectivity index (χ3n) is 6.40. The van der Waals surface area contributed by atoms with Crippen LogP contribution in [0, 0.1) is 12.8 Å². The second kappa shape index (κ2) is 12.2. The lowest BCUT2D eigenvalue weighted by atomic mass is 9.97. The quantitative estimate of drug-likeness (QED) is 0.500. The number of aryl methyl sites for hydroxylation is 1. The van der Waals surface area contributed by atoms with Crippen LogP contribution in [0.25, 0.3) is 0 Å². The number of benzene rings is 2. The Morgan fingerprint density at radius 3 is 2.28 bits per heavy atom. The van der Waals surface area contributed by atoms with Crippen LogP contribution in [0.2, 0.25) is 0 Å². The minimum atomic E-state index is -3.58. The Labute approximate surface area is 213 Å². The van der Waals surface area contributed by atoms with E-state index in [2.05, 4.69) is 10.6 Å². The summed E-state index contributed by atoms with van der Waals surface area (Å²) < 4.78 is 37.7. The molecule has 2 N–H and O–H groups in total. The summed E-state index contributed by atoms with van der Waals surface area (Å²) in [6.07, 6.45) is 1.41. The molecule has 10 heteroatoms. The number of ether oxygens (including phenoxy) is 2. The average molecular weight is 518 g/mol. The van der Waals surface area contributed by atoms with E-state index in [0.717, 1.165) is 11.1 Å². The zero-order valence-electron chi connectivity index (χ0n) is 21.2. The highest BCUT2D eigenvalue weighted by Crippen LogP contribution is 2.27. The summed E-state index contributed by atoms with van der Waals surface area (Å²) in [6.45, 7) is 4.48. The minimum Gasteiger partial charge on any atom is -0.493 e. The Hall–Kier alpha value is -3.11. The summed E-state index contributed by atoms with van der Waals surface area (Å²) in [6, 6.07) is 11.6. The Balaban J connectivity index is 1.44. The molecule has 2 aromatic rings. The van der Waals surface area contributed by atoms with Gasteiger partial charge in [-0.15, -0.1) is 0 Å². The second-order valence-corrected chi connectivity index (χ2v) is 10.9. The molecule has 36 heavy (non-hydrogen) atoms. The maximum Gasteiger partial charge on any atom is 0.243 e. The molecule has 1 aliphatic heterocycles. The molecule has 0 aliphatic carbocycles. The summed E-state index contributed by atoms with van der Waals surface area (Å²) in [5.41, 5.74) is 1.97. The lowest BCUT2D eigenvalue weighted by Gasteiger charge is -2.31. The van der Waals surface area contributed by atoms with E-state index >= 15 is 0 Å². The first kappa shape index (κ1) is 27.5. The van der Waals surface area contributed by atoms with Gasteiger partial charge in [0.05, 0.1) is 19.1 Å². The molecule has 0 aromatic heterocycles. The number of hydrogen-bond acceptors (Lipinski definition) is 6. The van der Waals surface area contributed by atoms with E-state index in [1.807, 2.05) is 25.1 Å². The molecular formula is C26H35N3O6S. The van der Waals surface area contributed by atoms with Crippen LogP contribution in [0.4, 0.5) is 0 Å². The molecule has 1 aliphatic rings. The van der Waals surface area contributed by atoms with E-state index in [-0.39, 0.29) is 35.7 Å². The average Bonchev–Trinajstić information content (AvgIpc) is 2.88. The van der Waals surface area contributed by atoms with Crippen LogP contribution in [0.1, 0.15) is 30.9 Å². The SMILES string of the molecule is COc1ccc(CCNC(=O)C(C)NC(=O)C2CCN(S(=O)(=O)c3ccc(C)cc3)CC2)cc1OC. The molecule has 196 valence electrons. The molecule has 2 amide bonds. The number of carbonyl (C=O) groups is 2. The molecule has 3 rings (SSSR count). The topological polar surface area (TPSA) is 114 Å².